The van der Waals surface area contributed by atoms with Crippen molar-refractivity contribution < 1.29 is 9.47 Å². The zero-order valence-electron chi connectivity index (χ0n) is 11.3. The summed E-state index contributed by atoms with van der Waals surface area (Å²) in [5, 5.41) is 3.55. The SMILES string of the molecule is CCOCC(C)NCC1CCOc2ccccc21. The minimum absolute atomic E-state index is 0.403. The number of rotatable bonds is 6. The minimum atomic E-state index is 0.403. The van der Waals surface area contributed by atoms with E-state index < -0.39 is 0 Å². The van der Waals surface area contributed by atoms with Gasteiger partial charge in [0.15, 0.2) is 0 Å². The molecule has 0 amide bonds. The summed E-state index contributed by atoms with van der Waals surface area (Å²) in [6.07, 6.45) is 1.09. The van der Waals surface area contributed by atoms with Gasteiger partial charge in [-0.15, -0.1) is 0 Å². The average molecular weight is 249 g/mol. The highest BCUT2D eigenvalue weighted by molar-refractivity contribution is 5.37. The van der Waals surface area contributed by atoms with Crippen molar-refractivity contribution in [2.24, 2.45) is 0 Å². The molecule has 18 heavy (non-hydrogen) atoms. The second-order valence-electron chi connectivity index (χ2n) is 4.84. The molecule has 3 heteroatoms. The third-order valence-electron chi connectivity index (χ3n) is 3.37. The zero-order valence-corrected chi connectivity index (χ0v) is 11.3. The van der Waals surface area contributed by atoms with Crippen molar-refractivity contribution >= 4 is 0 Å². The van der Waals surface area contributed by atoms with Crippen LogP contribution in [0.5, 0.6) is 5.75 Å². The molecule has 0 saturated carbocycles. The molecule has 0 saturated heterocycles. The van der Waals surface area contributed by atoms with E-state index in [9.17, 15) is 0 Å². The molecule has 0 fully saturated rings. The fourth-order valence-electron chi connectivity index (χ4n) is 2.32. The van der Waals surface area contributed by atoms with Gasteiger partial charge in [0.05, 0.1) is 13.2 Å². The molecule has 0 aromatic heterocycles. The molecule has 0 bridgehead atoms. The van der Waals surface area contributed by atoms with E-state index in [0.717, 1.165) is 38.5 Å². The van der Waals surface area contributed by atoms with Crippen molar-refractivity contribution in [1.82, 2.24) is 5.32 Å². The van der Waals surface area contributed by atoms with Crippen molar-refractivity contribution in [2.75, 3.05) is 26.4 Å². The molecule has 1 heterocycles. The largest absolute Gasteiger partial charge is 0.493 e. The van der Waals surface area contributed by atoms with E-state index >= 15 is 0 Å². The molecule has 1 N–H and O–H groups in total. The maximum Gasteiger partial charge on any atom is 0.122 e. The number of benzene rings is 1. The van der Waals surface area contributed by atoms with Crippen LogP contribution in [0, 0.1) is 0 Å². The Morgan fingerprint density at radius 3 is 3.11 bits per heavy atom. The first kappa shape index (κ1) is 13.4. The predicted octanol–water partition coefficient (Wildman–Crippen LogP) is 2.57. The summed E-state index contributed by atoms with van der Waals surface area (Å²) in [4.78, 5) is 0. The van der Waals surface area contributed by atoms with Gasteiger partial charge in [-0.1, -0.05) is 18.2 Å². The molecular weight excluding hydrogens is 226 g/mol. The number of nitrogens with one attached hydrogen (secondary N) is 1. The van der Waals surface area contributed by atoms with Crippen LogP contribution in [0.25, 0.3) is 0 Å². The molecule has 3 nitrogen and oxygen atoms in total. The molecule has 0 aliphatic carbocycles. The van der Waals surface area contributed by atoms with Crippen LogP contribution in [-0.2, 0) is 4.74 Å². The predicted molar refractivity (Wildman–Crippen MR) is 73.3 cm³/mol. The molecule has 1 aromatic carbocycles. The van der Waals surface area contributed by atoms with Crippen LogP contribution in [-0.4, -0.2) is 32.4 Å². The number of fused-ring (bicyclic) bond motifs is 1. The first-order chi connectivity index (χ1) is 8.81. The molecule has 1 aromatic rings. The van der Waals surface area contributed by atoms with Crippen molar-refractivity contribution in [3.63, 3.8) is 0 Å². The van der Waals surface area contributed by atoms with Crippen LogP contribution in [0.4, 0.5) is 0 Å². The average Bonchev–Trinajstić information content (AvgIpc) is 2.42. The van der Waals surface area contributed by atoms with Crippen molar-refractivity contribution in [2.45, 2.75) is 32.2 Å². The molecule has 2 unspecified atom stereocenters. The lowest BCUT2D eigenvalue weighted by Gasteiger charge is -2.27. The van der Waals surface area contributed by atoms with Crippen LogP contribution < -0.4 is 10.1 Å². The Labute approximate surface area is 109 Å². The Bertz CT molecular complexity index is 367. The molecule has 0 radical (unpaired) electrons. The van der Waals surface area contributed by atoms with Crippen molar-refractivity contribution in [1.29, 1.82) is 0 Å². The molecule has 1 aliphatic heterocycles. The van der Waals surface area contributed by atoms with Gasteiger partial charge in [0.25, 0.3) is 0 Å². The lowest BCUT2D eigenvalue weighted by molar-refractivity contribution is 0.126. The summed E-state index contributed by atoms with van der Waals surface area (Å²) in [5.41, 5.74) is 1.33. The van der Waals surface area contributed by atoms with Gasteiger partial charge >= 0.3 is 0 Å². The fourth-order valence-corrected chi connectivity index (χ4v) is 2.32. The highest BCUT2D eigenvalue weighted by Crippen LogP contribution is 2.32. The number of hydrogen-bond donors (Lipinski definition) is 1. The van der Waals surface area contributed by atoms with Crippen molar-refractivity contribution in [3.8, 4) is 5.75 Å². The maximum atomic E-state index is 5.67. The highest BCUT2D eigenvalue weighted by atomic mass is 16.5. The topological polar surface area (TPSA) is 30.5 Å². The van der Waals surface area contributed by atoms with Gasteiger partial charge in [0.2, 0.25) is 0 Å². The van der Waals surface area contributed by atoms with E-state index in [0.29, 0.717) is 12.0 Å². The number of hydrogen-bond acceptors (Lipinski definition) is 3. The van der Waals surface area contributed by atoms with E-state index in [1.807, 2.05) is 13.0 Å². The normalized spacial score (nSPS) is 20.0. The van der Waals surface area contributed by atoms with Crippen molar-refractivity contribution in [3.05, 3.63) is 29.8 Å². The first-order valence-electron chi connectivity index (χ1n) is 6.84. The Kier molecular flexibility index (Phi) is 5.02. The summed E-state index contributed by atoms with van der Waals surface area (Å²) in [6, 6.07) is 8.76. The second-order valence-corrected chi connectivity index (χ2v) is 4.84. The second kappa shape index (κ2) is 6.76. The van der Waals surface area contributed by atoms with Gasteiger partial charge in [0.1, 0.15) is 5.75 Å². The Balaban J connectivity index is 1.87. The summed E-state index contributed by atoms with van der Waals surface area (Å²) >= 11 is 0. The summed E-state index contributed by atoms with van der Waals surface area (Å²) in [7, 11) is 0. The van der Waals surface area contributed by atoms with Gasteiger partial charge in [-0.05, 0) is 31.9 Å². The van der Waals surface area contributed by atoms with Crippen LogP contribution in [0.15, 0.2) is 24.3 Å². The van der Waals surface area contributed by atoms with Gasteiger partial charge in [0, 0.05) is 25.1 Å². The molecule has 0 spiro atoms. The third kappa shape index (κ3) is 3.47. The van der Waals surface area contributed by atoms with Gasteiger partial charge < -0.3 is 14.8 Å². The highest BCUT2D eigenvalue weighted by Gasteiger charge is 2.21. The van der Waals surface area contributed by atoms with E-state index in [1.165, 1.54) is 5.56 Å². The lowest BCUT2D eigenvalue weighted by Crippen LogP contribution is -2.35. The summed E-state index contributed by atoms with van der Waals surface area (Å²) < 4.78 is 11.1. The first-order valence-corrected chi connectivity index (χ1v) is 6.84. The van der Waals surface area contributed by atoms with Gasteiger partial charge in [-0.25, -0.2) is 0 Å². The summed E-state index contributed by atoms with van der Waals surface area (Å²) in [6.45, 7) is 7.58. The van der Waals surface area contributed by atoms with E-state index in [-0.39, 0.29) is 0 Å². The zero-order chi connectivity index (χ0) is 12.8. The quantitative estimate of drug-likeness (QED) is 0.840. The van der Waals surface area contributed by atoms with Crippen LogP contribution in [0.1, 0.15) is 31.7 Å². The van der Waals surface area contributed by atoms with E-state index in [1.54, 1.807) is 0 Å². The van der Waals surface area contributed by atoms with Gasteiger partial charge in [-0.3, -0.25) is 0 Å². The standard InChI is InChI=1S/C15H23NO2/c1-3-17-11-12(2)16-10-13-8-9-18-15-7-5-4-6-14(13)15/h4-7,12-13,16H,3,8-11H2,1-2H3. The number of ether oxygens (including phenoxy) is 2. The van der Waals surface area contributed by atoms with Crippen LogP contribution >= 0.6 is 0 Å². The molecule has 1 aliphatic rings. The minimum Gasteiger partial charge on any atom is -0.493 e. The smallest absolute Gasteiger partial charge is 0.122 e. The van der Waals surface area contributed by atoms with Gasteiger partial charge in [-0.2, -0.15) is 0 Å². The van der Waals surface area contributed by atoms with Crippen LogP contribution in [0.3, 0.4) is 0 Å². The third-order valence-corrected chi connectivity index (χ3v) is 3.37. The molecule has 100 valence electrons. The molecular formula is C15H23NO2. The monoisotopic (exact) mass is 249 g/mol. The van der Waals surface area contributed by atoms with E-state index in [2.05, 4.69) is 30.4 Å². The Morgan fingerprint density at radius 2 is 2.28 bits per heavy atom. The lowest BCUT2D eigenvalue weighted by atomic mass is 9.93. The van der Waals surface area contributed by atoms with Crippen LogP contribution in [0.2, 0.25) is 0 Å². The van der Waals surface area contributed by atoms with E-state index in [4.69, 9.17) is 9.47 Å². The maximum absolute atomic E-state index is 5.67. The Hall–Kier alpha value is -1.06. The Morgan fingerprint density at radius 1 is 1.44 bits per heavy atom. The number of para-hydroxylation sites is 1. The molecule has 2 atom stereocenters. The molecule has 2 rings (SSSR count). The fraction of sp³-hybridized carbons (Fsp3) is 0.600. The summed E-state index contributed by atoms with van der Waals surface area (Å²) in [5.74, 6) is 1.60.